The quantitative estimate of drug-likeness (QED) is 0.615. The Hall–Kier alpha value is -1.79. The molecule has 0 heterocycles. The van der Waals surface area contributed by atoms with Gasteiger partial charge in [0.05, 0.1) is 19.6 Å². The van der Waals surface area contributed by atoms with E-state index in [0.29, 0.717) is 0 Å². The third-order valence-electron chi connectivity index (χ3n) is 2.68. The fourth-order valence-electron chi connectivity index (χ4n) is 1.67. The zero-order valence-electron chi connectivity index (χ0n) is 10.6. The van der Waals surface area contributed by atoms with Gasteiger partial charge in [-0.25, -0.2) is 4.39 Å². The third-order valence-corrected chi connectivity index (χ3v) is 2.68. The summed E-state index contributed by atoms with van der Waals surface area (Å²) < 4.78 is 17.5. The van der Waals surface area contributed by atoms with Gasteiger partial charge in [0.15, 0.2) is 5.78 Å². The number of hydrogen-bond acceptors (Lipinski definition) is 5. The average molecular weight is 270 g/mol. The molecule has 2 atom stereocenters. The monoisotopic (exact) mass is 270 g/mol. The van der Waals surface area contributed by atoms with E-state index < -0.39 is 30.4 Å². The molecule has 0 fully saturated rings. The highest BCUT2D eigenvalue weighted by Gasteiger charge is 2.25. The minimum absolute atomic E-state index is 0.0519. The highest BCUT2D eigenvalue weighted by molar-refractivity contribution is 5.95. The molecule has 2 N–H and O–H groups in total. The number of esters is 1. The molecule has 0 aliphatic rings. The van der Waals surface area contributed by atoms with E-state index in [-0.39, 0.29) is 16.9 Å². The SMILES string of the molecule is COC(=O)CC(O)C(O)c1cc(F)ccc1C(C)=O. The molecule has 19 heavy (non-hydrogen) atoms. The van der Waals surface area contributed by atoms with Crippen molar-refractivity contribution in [1.29, 1.82) is 0 Å². The minimum atomic E-state index is -1.55. The molecular formula is C13H15FO5. The van der Waals surface area contributed by atoms with Crippen LogP contribution in [0.5, 0.6) is 0 Å². The molecule has 0 aromatic heterocycles. The maximum Gasteiger partial charge on any atom is 0.308 e. The lowest BCUT2D eigenvalue weighted by Crippen LogP contribution is -2.24. The molecule has 1 rings (SSSR count). The lowest BCUT2D eigenvalue weighted by Gasteiger charge is -2.19. The van der Waals surface area contributed by atoms with E-state index in [1.807, 2.05) is 0 Å². The molecule has 0 bridgehead atoms. The topological polar surface area (TPSA) is 83.8 Å². The third kappa shape index (κ3) is 3.84. The Labute approximate surface area is 109 Å². The number of ketones is 1. The van der Waals surface area contributed by atoms with Gasteiger partial charge in [-0.3, -0.25) is 9.59 Å². The highest BCUT2D eigenvalue weighted by Crippen LogP contribution is 2.24. The van der Waals surface area contributed by atoms with Crippen molar-refractivity contribution >= 4 is 11.8 Å². The zero-order chi connectivity index (χ0) is 14.6. The van der Waals surface area contributed by atoms with Crippen LogP contribution in [-0.2, 0) is 9.53 Å². The molecule has 104 valence electrons. The van der Waals surface area contributed by atoms with Gasteiger partial charge < -0.3 is 14.9 Å². The fraction of sp³-hybridized carbons (Fsp3) is 0.385. The van der Waals surface area contributed by atoms with Gasteiger partial charge in [0.1, 0.15) is 11.9 Å². The van der Waals surface area contributed by atoms with Crippen molar-refractivity contribution in [2.75, 3.05) is 7.11 Å². The van der Waals surface area contributed by atoms with E-state index in [0.717, 1.165) is 19.2 Å². The van der Waals surface area contributed by atoms with Gasteiger partial charge in [-0.1, -0.05) is 0 Å². The van der Waals surface area contributed by atoms with Crippen molar-refractivity contribution in [3.8, 4) is 0 Å². The van der Waals surface area contributed by atoms with E-state index in [1.54, 1.807) is 0 Å². The normalized spacial score (nSPS) is 13.7. The van der Waals surface area contributed by atoms with Crippen molar-refractivity contribution in [1.82, 2.24) is 0 Å². The maximum atomic E-state index is 13.2. The zero-order valence-corrected chi connectivity index (χ0v) is 10.6. The Balaban J connectivity index is 3.03. The Morgan fingerprint density at radius 1 is 1.37 bits per heavy atom. The number of Topliss-reactive ketones (excluding diaryl/α,β-unsaturated/α-hetero) is 1. The van der Waals surface area contributed by atoms with E-state index >= 15 is 0 Å². The summed E-state index contributed by atoms with van der Waals surface area (Å²) in [6.45, 7) is 1.26. The Morgan fingerprint density at radius 2 is 2.00 bits per heavy atom. The standard InChI is InChI=1S/C13H15FO5/c1-7(15)9-4-3-8(14)5-10(9)13(18)11(16)6-12(17)19-2/h3-5,11,13,16,18H,6H2,1-2H3. The lowest BCUT2D eigenvalue weighted by atomic mass is 9.95. The van der Waals surface area contributed by atoms with E-state index in [9.17, 15) is 24.2 Å². The molecule has 0 radical (unpaired) electrons. The number of carbonyl (C=O) groups excluding carboxylic acids is 2. The summed E-state index contributed by atoms with van der Waals surface area (Å²) in [5.74, 6) is -1.74. The van der Waals surface area contributed by atoms with Crippen molar-refractivity contribution in [3.05, 3.63) is 35.1 Å². The summed E-state index contributed by atoms with van der Waals surface area (Å²) in [7, 11) is 1.14. The number of methoxy groups -OCH3 is 1. The van der Waals surface area contributed by atoms with Crippen molar-refractivity contribution in [3.63, 3.8) is 0 Å². The maximum absolute atomic E-state index is 13.2. The second-order valence-corrected chi connectivity index (χ2v) is 4.08. The summed E-state index contributed by atoms with van der Waals surface area (Å²) in [5, 5.41) is 19.6. The summed E-state index contributed by atoms with van der Waals surface area (Å²) >= 11 is 0. The number of benzene rings is 1. The van der Waals surface area contributed by atoms with Gasteiger partial charge in [-0.2, -0.15) is 0 Å². The second kappa shape index (κ2) is 6.40. The Bertz CT molecular complexity index is 486. The summed E-state index contributed by atoms with van der Waals surface area (Å²) in [6, 6.07) is 3.27. The van der Waals surface area contributed by atoms with Gasteiger partial charge >= 0.3 is 5.97 Å². The summed E-state index contributed by atoms with van der Waals surface area (Å²) in [4.78, 5) is 22.4. The first-order valence-electron chi connectivity index (χ1n) is 5.60. The first-order valence-corrected chi connectivity index (χ1v) is 5.60. The molecule has 0 spiro atoms. The number of ether oxygens (including phenoxy) is 1. The Morgan fingerprint density at radius 3 is 2.53 bits per heavy atom. The number of aliphatic hydroxyl groups is 2. The number of hydrogen-bond donors (Lipinski definition) is 2. The molecule has 0 amide bonds. The molecular weight excluding hydrogens is 255 g/mol. The molecule has 0 aliphatic carbocycles. The predicted octanol–water partition coefficient (Wildman–Crippen LogP) is 0.986. The predicted molar refractivity (Wildman–Crippen MR) is 64.0 cm³/mol. The van der Waals surface area contributed by atoms with E-state index in [1.165, 1.54) is 13.0 Å². The molecule has 0 saturated heterocycles. The van der Waals surface area contributed by atoms with Crippen molar-refractivity contribution < 1.29 is 28.9 Å². The number of rotatable bonds is 5. The molecule has 0 aliphatic heterocycles. The van der Waals surface area contributed by atoms with Crippen LogP contribution in [0.25, 0.3) is 0 Å². The van der Waals surface area contributed by atoms with Crippen LogP contribution in [0, 0.1) is 5.82 Å². The van der Waals surface area contributed by atoms with Gasteiger partial charge in [0.25, 0.3) is 0 Å². The second-order valence-electron chi connectivity index (χ2n) is 4.08. The first kappa shape index (κ1) is 15.3. The Kier molecular flexibility index (Phi) is 5.14. The first-order chi connectivity index (χ1) is 8.86. The smallest absolute Gasteiger partial charge is 0.308 e. The van der Waals surface area contributed by atoms with Crippen LogP contribution in [-0.4, -0.2) is 35.2 Å². The van der Waals surface area contributed by atoms with E-state index in [2.05, 4.69) is 4.74 Å². The van der Waals surface area contributed by atoms with Gasteiger partial charge in [0.2, 0.25) is 0 Å². The van der Waals surface area contributed by atoms with Crippen LogP contribution in [0.4, 0.5) is 4.39 Å². The summed E-state index contributed by atoms with van der Waals surface area (Å²) in [6.07, 6.45) is -3.48. The van der Waals surface area contributed by atoms with E-state index in [4.69, 9.17) is 0 Å². The molecule has 1 aromatic carbocycles. The molecule has 2 unspecified atom stereocenters. The van der Waals surface area contributed by atoms with Crippen molar-refractivity contribution in [2.45, 2.75) is 25.6 Å². The van der Waals surface area contributed by atoms with Crippen LogP contribution in [0.2, 0.25) is 0 Å². The number of carbonyl (C=O) groups is 2. The number of halogens is 1. The average Bonchev–Trinajstić information content (AvgIpc) is 2.36. The fourth-order valence-corrected chi connectivity index (χ4v) is 1.67. The van der Waals surface area contributed by atoms with Crippen LogP contribution < -0.4 is 0 Å². The van der Waals surface area contributed by atoms with Gasteiger partial charge in [0, 0.05) is 5.56 Å². The summed E-state index contributed by atoms with van der Waals surface area (Å²) in [5.41, 5.74) is 0.0433. The van der Waals surface area contributed by atoms with Crippen LogP contribution >= 0.6 is 0 Å². The van der Waals surface area contributed by atoms with Crippen LogP contribution in [0.15, 0.2) is 18.2 Å². The van der Waals surface area contributed by atoms with Gasteiger partial charge in [-0.15, -0.1) is 0 Å². The molecule has 6 heteroatoms. The molecule has 0 saturated carbocycles. The highest BCUT2D eigenvalue weighted by atomic mass is 19.1. The largest absolute Gasteiger partial charge is 0.469 e. The number of aliphatic hydroxyl groups excluding tert-OH is 2. The minimum Gasteiger partial charge on any atom is -0.469 e. The van der Waals surface area contributed by atoms with Crippen LogP contribution in [0.1, 0.15) is 35.4 Å². The van der Waals surface area contributed by atoms with Crippen LogP contribution in [0.3, 0.4) is 0 Å². The molecule has 1 aromatic rings. The molecule has 5 nitrogen and oxygen atoms in total. The lowest BCUT2D eigenvalue weighted by molar-refractivity contribution is -0.144. The van der Waals surface area contributed by atoms with Crippen molar-refractivity contribution in [2.24, 2.45) is 0 Å². The van der Waals surface area contributed by atoms with Gasteiger partial charge in [-0.05, 0) is 30.7 Å².